The SMILES string of the molecule is CC(C)CCC[C@@H](C)[C@H]1CCC2C3CC=C4C[C@@H](OCCOC(=O)CCC(=O)OC5CCCC[C@@H]5Nc5nc6ccc(O)cc6s5)CC[C@]4(C)C3CC[C@@]21C. The van der Waals surface area contributed by atoms with Crippen molar-refractivity contribution in [2.75, 3.05) is 18.5 Å². The van der Waals surface area contributed by atoms with E-state index in [-0.39, 0.29) is 49.4 Å². The van der Waals surface area contributed by atoms with Crippen molar-refractivity contribution in [2.45, 2.75) is 162 Å². The predicted octanol–water partition coefficient (Wildman–Crippen LogP) is 11.0. The fourth-order valence-electron chi connectivity index (χ4n) is 12.2. The first kappa shape index (κ1) is 40.5. The zero-order valence-electron chi connectivity index (χ0n) is 34.3. The third-order valence-corrected chi connectivity index (χ3v) is 16.1. The number of aromatic nitrogens is 1. The summed E-state index contributed by atoms with van der Waals surface area (Å²) in [6.07, 6.45) is 20.5. The van der Waals surface area contributed by atoms with Gasteiger partial charge in [-0.05, 0) is 135 Å². The molecule has 0 radical (unpaired) electrons. The summed E-state index contributed by atoms with van der Waals surface area (Å²) in [5.41, 5.74) is 3.25. The Bertz CT molecular complexity index is 1670. The normalized spacial score (nSPS) is 33.6. The molecule has 4 unspecified atom stereocenters. The molecule has 7 rings (SSSR count). The van der Waals surface area contributed by atoms with Crippen LogP contribution >= 0.6 is 11.3 Å². The standard InChI is InChI=1S/C46H68N2O6S/c1-29(2)9-8-10-30(3)35-16-17-36-34-15-13-31-27-33(21-23-45(31,4)37(34)22-24-46(35,36)5)52-25-26-53-42(50)19-20-43(51)54-40-12-7-6-11-38(40)47-44-48-39-18-14-32(49)28-41(39)55-44/h13-14,18,28-30,33-38,40,49H,6-12,15-17,19-27H2,1-5H3,(H,47,48)/t30-,33+,34?,35-,36?,37?,38+,40?,45+,46-/m1/s1. The first-order valence-corrected chi connectivity index (χ1v) is 22.8. The maximum atomic E-state index is 12.8. The van der Waals surface area contributed by atoms with E-state index < -0.39 is 5.97 Å². The highest BCUT2D eigenvalue weighted by Crippen LogP contribution is 2.67. The maximum Gasteiger partial charge on any atom is 0.306 e. The topological polar surface area (TPSA) is 107 Å². The Morgan fingerprint density at radius 1 is 0.964 bits per heavy atom. The van der Waals surface area contributed by atoms with Gasteiger partial charge in [-0.25, -0.2) is 4.98 Å². The number of benzene rings is 1. The van der Waals surface area contributed by atoms with Crippen molar-refractivity contribution in [1.82, 2.24) is 4.98 Å². The van der Waals surface area contributed by atoms with Crippen LogP contribution in [0.5, 0.6) is 5.75 Å². The van der Waals surface area contributed by atoms with Crippen molar-refractivity contribution in [3.8, 4) is 5.75 Å². The first-order chi connectivity index (χ1) is 26.4. The van der Waals surface area contributed by atoms with Gasteiger partial charge in [-0.1, -0.05) is 83.3 Å². The van der Waals surface area contributed by atoms with E-state index in [9.17, 15) is 14.7 Å². The number of aromatic hydroxyl groups is 1. The van der Waals surface area contributed by atoms with Crippen LogP contribution in [0.2, 0.25) is 0 Å². The van der Waals surface area contributed by atoms with Gasteiger partial charge in [0.1, 0.15) is 18.5 Å². The summed E-state index contributed by atoms with van der Waals surface area (Å²) >= 11 is 1.48. The molecule has 0 bridgehead atoms. The van der Waals surface area contributed by atoms with Crippen LogP contribution < -0.4 is 5.32 Å². The Morgan fingerprint density at radius 2 is 1.78 bits per heavy atom. The number of ether oxygens (including phenoxy) is 3. The molecular weight excluding hydrogens is 709 g/mol. The molecule has 2 aromatic rings. The van der Waals surface area contributed by atoms with Crippen LogP contribution in [0.25, 0.3) is 10.2 Å². The maximum absolute atomic E-state index is 12.8. The minimum atomic E-state index is -0.391. The van der Waals surface area contributed by atoms with Crippen LogP contribution in [0.4, 0.5) is 5.13 Å². The third kappa shape index (κ3) is 9.08. The number of hydrogen-bond acceptors (Lipinski definition) is 9. The number of esters is 2. The molecule has 4 saturated carbocycles. The second-order valence-corrected chi connectivity index (χ2v) is 20.0. The highest BCUT2D eigenvalue weighted by Gasteiger charge is 2.59. The van der Waals surface area contributed by atoms with Crippen molar-refractivity contribution < 1.29 is 28.9 Å². The van der Waals surface area contributed by atoms with Crippen LogP contribution in [0, 0.1) is 46.3 Å². The lowest BCUT2D eigenvalue weighted by molar-refractivity contribution is -0.155. The molecule has 2 N–H and O–H groups in total. The number of nitrogens with zero attached hydrogens (tertiary/aromatic N) is 1. The molecule has 9 heteroatoms. The molecule has 55 heavy (non-hydrogen) atoms. The number of carbonyl (C=O) groups excluding carboxylic acids is 2. The van der Waals surface area contributed by atoms with Crippen LogP contribution in [0.1, 0.15) is 144 Å². The smallest absolute Gasteiger partial charge is 0.306 e. The number of rotatable bonds is 15. The summed E-state index contributed by atoms with van der Waals surface area (Å²) in [5, 5.41) is 14.0. The van der Waals surface area contributed by atoms with Gasteiger partial charge in [-0.2, -0.15) is 0 Å². The quantitative estimate of drug-likeness (QED) is 0.105. The lowest BCUT2D eigenvalue weighted by Gasteiger charge is -2.58. The highest BCUT2D eigenvalue weighted by molar-refractivity contribution is 7.22. The number of fused-ring (bicyclic) bond motifs is 6. The molecule has 1 heterocycles. The first-order valence-electron chi connectivity index (χ1n) is 21.9. The average molecular weight is 777 g/mol. The van der Waals surface area contributed by atoms with Crippen LogP contribution in [0.3, 0.4) is 0 Å². The van der Waals surface area contributed by atoms with Crippen molar-refractivity contribution in [2.24, 2.45) is 46.3 Å². The molecule has 8 nitrogen and oxygen atoms in total. The van der Waals surface area contributed by atoms with Gasteiger partial charge < -0.3 is 24.6 Å². The molecule has 5 aliphatic carbocycles. The number of thiazole rings is 1. The number of nitrogens with one attached hydrogen (secondary N) is 1. The van der Waals surface area contributed by atoms with Crippen LogP contribution in [-0.2, 0) is 23.8 Å². The molecule has 0 amide bonds. The summed E-state index contributed by atoms with van der Waals surface area (Å²) in [5.74, 6) is 4.49. The average Bonchev–Trinajstić information content (AvgIpc) is 3.72. The Labute approximate surface area is 333 Å². The van der Waals surface area contributed by atoms with E-state index in [2.05, 4.69) is 51.0 Å². The molecule has 4 fully saturated rings. The van der Waals surface area contributed by atoms with Crippen molar-refractivity contribution in [3.05, 3.63) is 29.8 Å². The Balaban J connectivity index is 0.816. The number of carbonyl (C=O) groups is 2. The predicted molar refractivity (Wildman–Crippen MR) is 220 cm³/mol. The van der Waals surface area contributed by atoms with Crippen LogP contribution in [0.15, 0.2) is 29.8 Å². The van der Waals surface area contributed by atoms with Gasteiger partial charge in [0.05, 0.1) is 41.8 Å². The van der Waals surface area contributed by atoms with E-state index in [1.54, 1.807) is 23.8 Å². The molecule has 5 aliphatic rings. The van der Waals surface area contributed by atoms with E-state index in [0.717, 1.165) is 89.4 Å². The second kappa shape index (κ2) is 17.5. The second-order valence-electron chi connectivity index (χ2n) is 19.0. The van der Waals surface area contributed by atoms with E-state index in [4.69, 9.17) is 14.2 Å². The molecule has 0 aliphatic heterocycles. The summed E-state index contributed by atoms with van der Waals surface area (Å²) in [6.45, 7) is 13.1. The molecule has 1 aromatic heterocycles. The molecule has 1 aromatic carbocycles. The monoisotopic (exact) mass is 776 g/mol. The highest BCUT2D eigenvalue weighted by atomic mass is 32.1. The van der Waals surface area contributed by atoms with E-state index in [1.807, 2.05) is 0 Å². The number of hydrogen-bond donors (Lipinski definition) is 2. The number of anilines is 1. The van der Waals surface area contributed by atoms with Gasteiger partial charge in [-0.15, -0.1) is 0 Å². The number of phenolic OH excluding ortho intramolecular Hbond substituents is 1. The number of allylic oxidation sites excluding steroid dienone is 1. The fourth-order valence-corrected chi connectivity index (χ4v) is 13.2. The van der Waals surface area contributed by atoms with Gasteiger partial charge in [0.25, 0.3) is 0 Å². The van der Waals surface area contributed by atoms with E-state index in [0.29, 0.717) is 17.4 Å². The van der Waals surface area contributed by atoms with Gasteiger partial charge in [0.2, 0.25) is 0 Å². The third-order valence-electron chi connectivity index (χ3n) is 15.2. The molecule has 0 spiro atoms. The molecule has 304 valence electrons. The molecule has 0 saturated heterocycles. The van der Waals surface area contributed by atoms with Crippen molar-refractivity contribution in [1.29, 1.82) is 0 Å². The minimum Gasteiger partial charge on any atom is -0.508 e. The van der Waals surface area contributed by atoms with Crippen LogP contribution in [-0.4, -0.2) is 53.5 Å². The summed E-state index contributed by atoms with van der Waals surface area (Å²) < 4.78 is 18.6. The van der Waals surface area contributed by atoms with Gasteiger partial charge in [0.15, 0.2) is 5.13 Å². The Hall–Kier alpha value is -2.65. The fraction of sp³-hybridized carbons (Fsp3) is 0.761. The zero-order chi connectivity index (χ0) is 38.7. The molecular formula is C46H68N2O6S. The van der Waals surface area contributed by atoms with Gasteiger partial charge in [-0.3, -0.25) is 9.59 Å². The Kier molecular flexibility index (Phi) is 12.9. The Morgan fingerprint density at radius 3 is 2.62 bits per heavy atom. The minimum absolute atomic E-state index is 0.0000681. The van der Waals surface area contributed by atoms with Gasteiger partial charge in [0, 0.05) is 0 Å². The lowest BCUT2D eigenvalue weighted by atomic mass is 9.47. The summed E-state index contributed by atoms with van der Waals surface area (Å²) in [4.78, 5) is 30.0. The number of phenols is 1. The van der Waals surface area contributed by atoms with E-state index >= 15 is 0 Å². The summed E-state index contributed by atoms with van der Waals surface area (Å²) in [7, 11) is 0. The zero-order valence-corrected chi connectivity index (χ0v) is 35.1. The van der Waals surface area contributed by atoms with Gasteiger partial charge >= 0.3 is 11.9 Å². The van der Waals surface area contributed by atoms with Crippen molar-refractivity contribution >= 4 is 38.6 Å². The van der Waals surface area contributed by atoms with E-state index in [1.165, 1.54) is 69.1 Å². The largest absolute Gasteiger partial charge is 0.508 e. The lowest BCUT2D eigenvalue weighted by Crippen LogP contribution is -2.51. The van der Waals surface area contributed by atoms with Crippen molar-refractivity contribution in [3.63, 3.8) is 0 Å². The molecule has 10 atom stereocenters. The summed E-state index contributed by atoms with van der Waals surface area (Å²) in [6, 6.07) is 5.09.